The van der Waals surface area contributed by atoms with Crippen molar-refractivity contribution in [1.82, 2.24) is 16.0 Å². The molecule has 0 aliphatic heterocycles. The maximum atomic E-state index is 13.4. The van der Waals surface area contributed by atoms with Gasteiger partial charge in [-0.05, 0) is 62.8 Å². The molecule has 0 bridgehead atoms. The highest BCUT2D eigenvalue weighted by Gasteiger charge is 2.30. The Morgan fingerprint density at radius 1 is 0.786 bits per heavy atom. The van der Waals surface area contributed by atoms with Crippen LogP contribution >= 0.6 is 0 Å². The number of carboxylic acids is 2. The molecule has 0 radical (unpaired) electrons. The Balaban J connectivity index is 3.17. The fourth-order valence-electron chi connectivity index (χ4n) is 3.83. The van der Waals surface area contributed by atoms with E-state index in [2.05, 4.69) is 20.9 Å². The minimum absolute atomic E-state index is 0.0172. The lowest BCUT2D eigenvalue weighted by Gasteiger charge is -2.25. The molecule has 234 valence electrons. The minimum atomic E-state index is -1.26. The fraction of sp³-hybridized carbons (Fsp3) is 0.538. The molecule has 16 nitrogen and oxygen atoms in total. The van der Waals surface area contributed by atoms with E-state index in [4.69, 9.17) is 28.0 Å². The molecular weight excluding hydrogens is 552 g/mol. The maximum absolute atomic E-state index is 13.4. The molecule has 1 aromatic carbocycles. The first-order valence-corrected chi connectivity index (χ1v) is 13.5. The second-order valence-corrected chi connectivity index (χ2v) is 9.66. The summed E-state index contributed by atoms with van der Waals surface area (Å²) in [5, 5.41) is 35.6. The first kappa shape index (κ1) is 35.6. The van der Waals surface area contributed by atoms with E-state index in [-0.39, 0.29) is 56.8 Å². The number of carboxylic acid groups (broad SMARTS) is 2. The number of benzene rings is 1. The second kappa shape index (κ2) is 18.8. The molecular formula is C26H42N8O8. The number of hydrogen-bond donors (Lipinski definition) is 10. The highest BCUT2D eigenvalue weighted by Crippen LogP contribution is 2.12. The van der Waals surface area contributed by atoms with Crippen LogP contribution < -0.4 is 38.9 Å². The van der Waals surface area contributed by atoms with Crippen LogP contribution in [0, 0.1) is 0 Å². The molecule has 0 heterocycles. The number of unbranched alkanes of at least 4 members (excludes halogenated alkanes) is 1. The Kier molecular flexibility index (Phi) is 15.9. The standard InChI is InChI=1S/C26H42N8O8/c27-12-2-1-4-19(25(41)42)33-23(39)18(5-3-13-31-26(29)30)32-24(40)20(14-15-6-8-16(35)9-7-15)34-22(38)17(28)10-11-21(36)37/h6-9,17-20,35H,1-5,10-14,27-28H2,(H,32,40)(H,33,39)(H,34,38)(H,36,37)(H,41,42)(H4,29,30,31). The fourth-order valence-corrected chi connectivity index (χ4v) is 3.83. The molecule has 0 saturated carbocycles. The summed E-state index contributed by atoms with van der Waals surface area (Å²) in [4.78, 5) is 65.8. The van der Waals surface area contributed by atoms with Crippen LogP contribution in [0.25, 0.3) is 0 Å². The van der Waals surface area contributed by atoms with E-state index in [1.165, 1.54) is 24.3 Å². The van der Waals surface area contributed by atoms with Crippen molar-refractivity contribution in [3.63, 3.8) is 0 Å². The van der Waals surface area contributed by atoms with Gasteiger partial charge in [-0.2, -0.15) is 0 Å². The van der Waals surface area contributed by atoms with Crippen molar-refractivity contribution in [3.8, 4) is 5.75 Å². The molecule has 1 rings (SSSR count). The lowest BCUT2D eigenvalue weighted by Crippen LogP contribution is -2.57. The van der Waals surface area contributed by atoms with E-state index < -0.39 is 53.8 Å². The number of hydrogen-bond acceptors (Lipinski definition) is 9. The number of nitrogens with zero attached hydrogens (tertiary/aromatic N) is 1. The van der Waals surface area contributed by atoms with Crippen LogP contribution in [0.1, 0.15) is 50.5 Å². The monoisotopic (exact) mass is 594 g/mol. The molecule has 0 saturated heterocycles. The van der Waals surface area contributed by atoms with Gasteiger partial charge in [0.2, 0.25) is 17.7 Å². The third-order valence-electron chi connectivity index (χ3n) is 6.15. The zero-order valence-corrected chi connectivity index (χ0v) is 23.3. The molecule has 0 spiro atoms. The van der Waals surface area contributed by atoms with E-state index in [0.717, 1.165) is 0 Å². The summed E-state index contributed by atoms with van der Waals surface area (Å²) in [6.07, 6.45) is 0.813. The Bertz CT molecular complexity index is 1080. The van der Waals surface area contributed by atoms with Crippen LogP contribution in [-0.2, 0) is 30.4 Å². The first-order valence-electron chi connectivity index (χ1n) is 13.5. The van der Waals surface area contributed by atoms with Crippen LogP contribution in [-0.4, -0.2) is 88.2 Å². The number of nitrogens with one attached hydrogen (secondary N) is 3. The number of carbonyl (C=O) groups excluding carboxylic acids is 3. The summed E-state index contributed by atoms with van der Waals surface area (Å²) < 4.78 is 0. The molecule has 4 atom stereocenters. The van der Waals surface area contributed by atoms with Crippen molar-refractivity contribution in [2.24, 2.45) is 27.9 Å². The van der Waals surface area contributed by atoms with Gasteiger partial charge in [0.15, 0.2) is 5.96 Å². The second-order valence-electron chi connectivity index (χ2n) is 9.66. The van der Waals surface area contributed by atoms with Crippen molar-refractivity contribution in [1.29, 1.82) is 0 Å². The van der Waals surface area contributed by atoms with Gasteiger partial charge < -0.3 is 54.2 Å². The van der Waals surface area contributed by atoms with Crippen molar-refractivity contribution in [2.45, 2.75) is 75.5 Å². The summed E-state index contributed by atoms with van der Waals surface area (Å²) in [7, 11) is 0. The van der Waals surface area contributed by atoms with Gasteiger partial charge in [-0.3, -0.25) is 24.2 Å². The highest BCUT2D eigenvalue weighted by molar-refractivity contribution is 5.94. The number of rotatable bonds is 20. The van der Waals surface area contributed by atoms with Crippen LogP contribution in [0.3, 0.4) is 0 Å². The number of guanidine groups is 1. The van der Waals surface area contributed by atoms with E-state index in [9.17, 15) is 34.2 Å². The molecule has 3 amide bonds. The van der Waals surface area contributed by atoms with E-state index in [0.29, 0.717) is 24.9 Å². The average molecular weight is 595 g/mol. The SMILES string of the molecule is NCCCCC(NC(=O)C(CCCN=C(N)N)NC(=O)C(Cc1ccc(O)cc1)NC(=O)C(N)CCC(=O)O)C(=O)O. The number of aliphatic carboxylic acids is 2. The van der Waals surface area contributed by atoms with E-state index >= 15 is 0 Å². The predicted octanol–water partition coefficient (Wildman–Crippen LogP) is -2.15. The van der Waals surface area contributed by atoms with Gasteiger partial charge in [0.05, 0.1) is 6.04 Å². The van der Waals surface area contributed by atoms with Gasteiger partial charge in [-0.1, -0.05) is 12.1 Å². The molecule has 0 fully saturated rings. The van der Waals surface area contributed by atoms with Gasteiger partial charge >= 0.3 is 11.9 Å². The van der Waals surface area contributed by atoms with E-state index in [1.807, 2.05) is 0 Å². The zero-order chi connectivity index (χ0) is 31.7. The van der Waals surface area contributed by atoms with Crippen molar-refractivity contribution < 1.29 is 39.3 Å². The Labute approximate surface area is 243 Å². The van der Waals surface area contributed by atoms with Gasteiger partial charge in [0.1, 0.15) is 23.9 Å². The summed E-state index contributed by atoms with van der Waals surface area (Å²) in [5.41, 5.74) is 22.5. The largest absolute Gasteiger partial charge is 0.508 e. The average Bonchev–Trinajstić information content (AvgIpc) is 2.93. The summed E-state index contributed by atoms with van der Waals surface area (Å²) in [6.45, 7) is 0.491. The van der Waals surface area contributed by atoms with Crippen molar-refractivity contribution in [2.75, 3.05) is 13.1 Å². The third-order valence-corrected chi connectivity index (χ3v) is 6.15. The number of aliphatic imine (C=N–C) groups is 1. The molecule has 16 heteroatoms. The zero-order valence-electron chi connectivity index (χ0n) is 23.3. The van der Waals surface area contributed by atoms with Crippen LogP contribution in [0.4, 0.5) is 0 Å². The summed E-state index contributed by atoms with van der Waals surface area (Å²) in [6, 6.07) is 0.923. The number of phenolic OH excluding ortho intramolecular Hbond substituents is 1. The van der Waals surface area contributed by atoms with Gasteiger partial charge in [0, 0.05) is 19.4 Å². The number of amides is 3. The van der Waals surface area contributed by atoms with E-state index in [1.54, 1.807) is 0 Å². The number of carbonyl (C=O) groups is 5. The van der Waals surface area contributed by atoms with Crippen LogP contribution in [0.15, 0.2) is 29.3 Å². The van der Waals surface area contributed by atoms with Crippen molar-refractivity contribution >= 4 is 35.6 Å². The minimum Gasteiger partial charge on any atom is -0.508 e. The van der Waals surface area contributed by atoms with Crippen molar-refractivity contribution in [3.05, 3.63) is 29.8 Å². The first-order chi connectivity index (χ1) is 19.8. The highest BCUT2D eigenvalue weighted by atomic mass is 16.4. The Morgan fingerprint density at radius 2 is 1.36 bits per heavy atom. The normalized spacial score (nSPS) is 13.6. The number of aromatic hydroxyl groups is 1. The topological polar surface area (TPSA) is 299 Å². The predicted molar refractivity (Wildman–Crippen MR) is 153 cm³/mol. The number of phenols is 1. The molecule has 14 N–H and O–H groups in total. The van der Waals surface area contributed by atoms with Crippen LogP contribution in [0.2, 0.25) is 0 Å². The molecule has 0 aliphatic rings. The Morgan fingerprint density at radius 3 is 1.93 bits per heavy atom. The van der Waals surface area contributed by atoms with Gasteiger partial charge in [0.25, 0.3) is 0 Å². The van der Waals surface area contributed by atoms with Crippen LogP contribution in [0.5, 0.6) is 5.75 Å². The maximum Gasteiger partial charge on any atom is 0.326 e. The molecule has 0 aliphatic carbocycles. The lowest BCUT2D eigenvalue weighted by atomic mass is 10.0. The molecule has 4 unspecified atom stereocenters. The van der Waals surface area contributed by atoms with Gasteiger partial charge in [-0.15, -0.1) is 0 Å². The van der Waals surface area contributed by atoms with Gasteiger partial charge in [-0.25, -0.2) is 4.79 Å². The molecule has 0 aromatic heterocycles. The molecule has 42 heavy (non-hydrogen) atoms. The number of nitrogens with two attached hydrogens (primary N) is 4. The smallest absolute Gasteiger partial charge is 0.326 e. The summed E-state index contributed by atoms with van der Waals surface area (Å²) in [5.74, 6) is -4.90. The lowest BCUT2D eigenvalue weighted by molar-refractivity contribution is -0.142. The molecule has 1 aromatic rings. The quantitative estimate of drug-likeness (QED) is 0.0439. The summed E-state index contributed by atoms with van der Waals surface area (Å²) >= 11 is 0. The Hall–Kier alpha value is -4.44. The third kappa shape index (κ3) is 14.3.